The van der Waals surface area contributed by atoms with E-state index in [1.54, 1.807) is 0 Å². The quantitative estimate of drug-likeness (QED) is 0.445. The first kappa shape index (κ1) is 16.8. The molecular weight excluding hydrogens is 249 g/mol. The van der Waals surface area contributed by atoms with E-state index in [-0.39, 0.29) is 0 Å². The summed E-state index contributed by atoms with van der Waals surface area (Å²) in [6.45, 7) is 2.28. The van der Waals surface area contributed by atoms with Crippen LogP contribution in [0.2, 0.25) is 0 Å². The molecule has 1 saturated carbocycles. The molecule has 0 aromatic carbocycles. The van der Waals surface area contributed by atoms with E-state index in [0.717, 1.165) is 31.1 Å². The Morgan fingerprint density at radius 2 is 1.32 bits per heavy atom. The largest absolute Gasteiger partial charge is 0.389 e. The smallest absolute Gasteiger partial charge is 0.171 e. The van der Waals surface area contributed by atoms with Gasteiger partial charge in [0.05, 0.1) is 0 Å². The molecule has 3 heteroatoms. The summed E-state index contributed by atoms with van der Waals surface area (Å²) in [5, 5.41) is 0. The third kappa shape index (κ3) is 8.54. The fourth-order valence-corrected chi connectivity index (χ4v) is 3.22. The van der Waals surface area contributed by atoms with E-state index in [0.29, 0.717) is 6.42 Å². The van der Waals surface area contributed by atoms with Gasteiger partial charge in [-0.25, -0.2) is 0 Å². The topological polar surface area (TPSA) is 0 Å². The van der Waals surface area contributed by atoms with Gasteiger partial charge in [0.15, 0.2) is 0 Å². The monoisotopic (exact) mass is 278 g/mol. The van der Waals surface area contributed by atoms with Crippen LogP contribution in [0.25, 0.3) is 0 Å². The zero-order valence-electron chi connectivity index (χ0n) is 12.3. The number of unbranched alkanes of at least 4 members (excludes halogenated alkanes) is 4. The summed E-state index contributed by atoms with van der Waals surface area (Å²) in [5.41, 5.74) is 0. The minimum atomic E-state index is -3.96. The number of halogens is 3. The Bertz CT molecular complexity index is 215. The van der Waals surface area contributed by atoms with Crippen LogP contribution in [0.5, 0.6) is 0 Å². The van der Waals surface area contributed by atoms with Gasteiger partial charge < -0.3 is 0 Å². The van der Waals surface area contributed by atoms with Crippen LogP contribution in [0.4, 0.5) is 13.2 Å². The highest BCUT2D eigenvalue weighted by atomic mass is 19.4. The van der Waals surface area contributed by atoms with Gasteiger partial charge in [-0.2, -0.15) is 13.2 Å². The molecule has 19 heavy (non-hydrogen) atoms. The molecule has 114 valence electrons. The molecule has 0 nitrogen and oxygen atoms in total. The zero-order chi connectivity index (χ0) is 14.1. The third-order valence-corrected chi connectivity index (χ3v) is 4.62. The van der Waals surface area contributed by atoms with Crippen molar-refractivity contribution in [2.75, 3.05) is 0 Å². The summed E-state index contributed by atoms with van der Waals surface area (Å²) in [6, 6.07) is 0. The van der Waals surface area contributed by atoms with Crippen molar-refractivity contribution >= 4 is 0 Å². The highest BCUT2D eigenvalue weighted by molar-refractivity contribution is 4.71. The van der Waals surface area contributed by atoms with Gasteiger partial charge in [0.2, 0.25) is 0 Å². The molecule has 1 fully saturated rings. The second-order valence-corrected chi connectivity index (χ2v) is 6.22. The molecule has 0 aliphatic heterocycles. The Balaban J connectivity index is 1.89. The fourth-order valence-electron chi connectivity index (χ4n) is 3.22. The van der Waals surface area contributed by atoms with Crippen molar-refractivity contribution in [1.29, 1.82) is 0 Å². The molecule has 0 N–H and O–H groups in total. The molecule has 0 unspecified atom stereocenters. The lowest BCUT2D eigenvalue weighted by atomic mass is 9.79. The summed E-state index contributed by atoms with van der Waals surface area (Å²) in [4.78, 5) is 0. The van der Waals surface area contributed by atoms with E-state index in [2.05, 4.69) is 6.92 Å². The van der Waals surface area contributed by atoms with Crippen LogP contribution >= 0.6 is 0 Å². The Morgan fingerprint density at radius 1 is 0.789 bits per heavy atom. The predicted octanol–water partition coefficient (Wildman–Crippen LogP) is 6.50. The first-order valence-electron chi connectivity index (χ1n) is 8.08. The van der Waals surface area contributed by atoms with Crippen molar-refractivity contribution in [1.82, 2.24) is 0 Å². The number of alkyl halides is 3. The number of hydrogen-bond acceptors (Lipinski definition) is 0. The minimum absolute atomic E-state index is 0.311. The van der Waals surface area contributed by atoms with Crippen LogP contribution in [0.3, 0.4) is 0 Å². The fraction of sp³-hybridized carbons (Fsp3) is 1.00. The lowest BCUT2D eigenvalue weighted by molar-refractivity contribution is -0.135. The molecule has 1 aliphatic rings. The first-order chi connectivity index (χ1) is 9.01. The van der Waals surface area contributed by atoms with Gasteiger partial charge in [-0.3, -0.25) is 0 Å². The summed E-state index contributed by atoms with van der Waals surface area (Å²) in [5.74, 6) is 1.86. The lowest BCUT2D eigenvalue weighted by Gasteiger charge is -2.27. The van der Waals surface area contributed by atoms with E-state index in [4.69, 9.17) is 0 Å². The Labute approximate surface area is 116 Å². The van der Waals surface area contributed by atoms with Crippen LogP contribution in [0.15, 0.2) is 0 Å². The van der Waals surface area contributed by atoms with Gasteiger partial charge >= 0.3 is 6.18 Å². The second-order valence-electron chi connectivity index (χ2n) is 6.22. The van der Waals surface area contributed by atoms with E-state index >= 15 is 0 Å². The summed E-state index contributed by atoms with van der Waals surface area (Å²) in [6.07, 6.45) is 7.97. The average Bonchev–Trinajstić information content (AvgIpc) is 2.37. The van der Waals surface area contributed by atoms with E-state index in [1.165, 1.54) is 44.9 Å². The summed E-state index contributed by atoms with van der Waals surface area (Å²) < 4.78 is 35.8. The van der Waals surface area contributed by atoms with Crippen molar-refractivity contribution in [3.63, 3.8) is 0 Å². The molecule has 0 aromatic heterocycles. The molecule has 0 atom stereocenters. The van der Waals surface area contributed by atoms with Crippen LogP contribution < -0.4 is 0 Å². The van der Waals surface area contributed by atoms with Gasteiger partial charge in [-0.15, -0.1) is 0 Å². The Morgan fingerprint density at radius 3 is 1.89 bits per heavy atom. The average molecular weight is 278 g/mol. The van der Waals surface area contributed by atoms with Crippen molar-refractivity contribution < 1.29 is 13.2 Å². The second kappa shape index (κ2) is 8.86. The Kier molecular flexibility index (Phi) is 7.86. The van der Waals surface area contributed by atoms with Gasteiger partial charge in [0, 0.05) is 6.42 Å². The molecule has 0 amide bonds. The predicted molar refractivity (Wildman–Crippen MR) is 74.1 cm³/mol. The molecular formula is C16H29F3. The molecule has 1 rings (SSSR count). The maximum atomic E-state index is 11.9. The van der Waals surface area contributed by atoms with Crippen molar-refractivity contribution in [3.05, 3.63) is 0 Å². The Hall–Kier alpha value is -0.210. The lowest BCUT2D eigenvalue weighted by Crippen LogP contribution is -2.13. The summed E-state index contributed by atoms with van der Waals surface area (Å²) >= 11 is 0. The van der Waals surface area contributed by atoms with Crippen LogP contribution in [-0.4, -0.2) is 6.18 Å². The maximum Gasteiger partial charge on any atom is 0.389 e. The third-order valence-electron chi connectivity index (χ3n) is 4.62. The van der Waals surface area contributed by atoms with Crippen LogP contribution in [-0.2, 0) is 0 Å². The number of rotatable bonds is 8. The van der Waals surface area contributed by atoms with Crippen molar-refractivity contribution in [2.24, 2.45) is 11.8 Å². The molecule has 0 bridgehead atoms. The highest BCUT2D eigenvalue weighted by Crippen LogP contribution is 2.33. The molecule has 0 aromatic rings. The SMILES string of the molecule is CCC1CCC(CCCCCCCC(F)(F)F)CC1. The van der Waals surface area contributed by atoms with Gasteiger partial charge in [0.1, 0.15) is 0 Å². The maximum absolute atomic E-state index is 11.9. The van der Waals surface area contributed by atoms with Crippen LogP contribution in [0, 0.1) is 11.8 Å². The molecule has 0 heterocycles. The van der Waals surface area contributed by atoms with Gasteiger partial charge in [-0.05, 0) is 18.3 Å². The molecule has 0 radical (unpaired) electrons. The molecule has 0 saturated heterocycles. The summed E-state index contributed by atoms with van der Waals surface area (Å²) in [7, 11) is 0. The number of hydrogen-bond donors (Lipinski definition) is 0. The standard InChI is InChI=1S/C16H29F3/c1-2-14-9-11-15(12-10-14)8-6-4-3-5-7-13-16(17,18)19/h14-15H,2-13H2,1H3. The van der Waals surface area contributed by atoms with E-state index in [9.17, 15) is 13.2 Å². The van der Waals surface area contributed by atoms with Crippen molar-refractivity contribution in [3.8, 4) is 0 Å². The van der Waals surface area contributed by atoms with Crippen LogP contribution in [0.1, 0.15) is 84.0 Å². The van der Waals surface area contributed by atoms with E-state index in [1.807, 2.05) is 0 Å². The normalized spacial score (nSPS) is 24.6. The minimum Gasteiger partial charge on any atom is -0.171 e. The molecule has 0 spiro atoms. The van der Waals surface area contributed by atoms with E-state index < -0.39 is 12.6 Å². The van der Waals surface area contributed by atoms with Gasteiger partial charge in [0.25, 0.3) is 0 Å². The first-order valence-corrected chi connectivity index (χ1v) is 8.08. The molecule has 1 aliphatic carbocycles. The zero-order valence-corrected chi connectivity index (χ0v) is 12.3. The van der Waals surface area contributed by atoms with Crippen molar-refractivity contribution in [2.45, 2.75) is 90.1 Å². The van der Waals surface area contributed by atoms with Gasteiger partial charge in [-0.1, -0.05) is 71.1 Å². The highest BCUT2D eigenvalue weighted by Gasteiger charge is 2.25.